The lowest BCUT2D eigenvalue weighted by Crippen LogP contribution is -2.65. The normalized spacial score (nSPS) is 45.2. The Morgan fingerprint density at radius 1 is 0.864 bits per heavy atom. The molecule has 0 saturated heterocycles. The van der Waals surface area contributed by atoms with Crippen molar-refractivity contribution in [2.75, 3.05) is 0 Å². The van der Waals surface area contributed by atoms with E-state index < -0.39 is 51.9 Å². The second-order valence-electron chi connectivity index (χ2n) is 16.1. The average Bonchev–Trinajstić information content (AvgIpc) is 3.41. The van der Waals surface area contributed by atoms with Gasteiger partial charge < -0.3 is 25.2 Å². The molecule has 0 spiro atoms. The Bertz CT molecular complexity index is 1420. The van der Waals surface area contributed by atoms with E-state index in [0.717, 1.165) is 44.6 Å². The Morgan fingerprint density at radius 3 is 2.18 bits per heavy atom. The van der Waals surface area contributed by atoms with Gasteiger partial charge in [-0.15, -0.1) is 6.58 Å². The molecule has 1 aromatic carbocycles. The molecule has 5 saturated carbocycles. The summed E-state index contributed by atoms with van der Waals surface area (Å²) in [5.74, 6) is -3.63. The van der Waals surface area contributed by atoms with Gasteiger partial charge in [0.2, 0.25) is 0 Å². The fourth-order valence-corrected chi connectivity index (χ4v) is 12.6. The monoisotopic (exact) mass is 608 g/mol. The van der Waals surface area contributed by atoms with Crippen LogP contribution in [0, 0.1) is 62.6 Å². The number of phenolic OH excluding ortho intramolecular Hbond substituents is 2. The predicted molar refractivity (Wildman–Crippen MR) is 163 cm³/mol. The van der Waals surface area contributed by atoms with Crippen molar-refractivity contribution in [3.63, 3.8) is 0 Å². The summed E-state index contributed by atoms with van der Waals surface area (Å²) in [7, 11) is 0. The average molecular weight is 609 g/mol. The van der Waals surface area contributed by atoms with E-state index in [9.17, 15) is 34.8 Å². The van der Waals surface area contributed by atoms with Crippen molar-refractivity contribution in [3.8, 4) is 11.5 Å². The van der Waals surface area contributed by atoms with Crippen molar-refractivity contribution in [3.05, 3.63) is 36.4 Å². The molecule has 4 N–H and O–H groups in total. The first-order chi connectivity index (χ1) is 20.5. The summed E-state index contributed by atoms with van der Waals surface area (Å²) < 4.78 is 6.12. The summed E-state index contributed by atoms with van der Waals surface area (Å²) in [5, 5.41) is 41.2. The molecule has 240 valence electrons. The van der Waals surface area contributed by atoms with Gasteiger partial charge in [0.1, 0.15) is 12.0 Å². The number of esters is 1. The number of rotatable bonds is 5. The summed E-state index contributed by atoms with van der Waals surface area (Å²) in [5.41, 5.74) is -2.33. The molecule has 0 heterocycles. The van der Waals surface area contributed by atoms with Crippen molar-refractivity contribution in [2.45, 2.75) is 92.1 Å². The Labute approximate surface area is 259 Å². The van der Waals surface area contributed by atoms with Crippen LogP contribution in [0.25, 0.3) is 0 Å². The molecule has 11 atom stereocenters. The van der Waals surface area contributed by atoms with Crippen LogP contribution in [0.15, 0.2) is 30.9 Å². The molecule has 4 unspecified atom stereocenters. The maximum absolute atomic E-state index is 13.4. The fraction of sp³-hybridized carbons (Fsp3) is 0.694. The van der Waals surface area contributed by atoms with Crippen LogP contribution in [-0.2, 0) is 14.3 Å². The highest BCUT2D eigenvalue weighted by molar-refractivity contribution is 5.90. The van der Waals surface area contributed by atoms with Gasteiger partial charge in [-0.05, 0) is 115 Å². The van der Waals surface area contributed by atoms with Gasteiger partial charge in [-0.25, -0.2) is 4.79 Å². The third kappa shape index (κ3) is 3.72. The van der Waals surface area contributed by atoms with Crippen LogP contribution in [0.3, 0.4) is 0 Å². The van der Waals surface area contributed by atoms with Crippen LogP contribution in [0.5, 0.6) is 11.5 Å². The zero-order valence-electron chi connectivity index (χ0n) is 26.6. The van der Waals surface area contributed by atoms with Crippen molar-refractivity contribution in [1.29, 1.82) is 0 Å². The number of hydrogen-bond acceptors (Lipinski definition) is 6. The first-order valence-electron chi connectivity index (χ1n) is 16.3. The second-order valence-corrected chi connectivity index (χ2v) is 16.1. The van der Waals surface area contributed by atoms with Crippen molar-refractivity contribution in [2.24, 2.45) is 62.6 Å². The number of benzene rings is 1. The van der Waals surface area contributed by atoms with Crippen molar-refractivity contribution < 1.29 is 39.5 Å². The lowest BCUT2D eigenvalue weighted by atomic mass is 9.34. The van der Waals surface area contributed by atoms with Gasteiger partial charge in [-0.3, -0.25) is 9.59 Å². The van der Waals surface area contributed by atoms with E-state index in [4.69, 9.17) is 4.74 Å². The quantitative estimate of drug-likeness (QED) is 0.161. The van der Waals surface area contributed by atoms with Crippen LogP contribution >= 0.6 is 0 Å². The molecule has 1 aromatic rings. The van der Waals surface area contributed by atoms with E-state index in [0.29, 0.717) is 12.8 Å². The van der Waals surface area contributed by atoms with Gasteiger partial charge >= 0.3 is 17.9 Å². The number of carboxylic acids is 2. The maximum atomic E-state index is 13.4. The molecule has 5 aliphatic rings. The molecule has 0 amide bonds. The van der Waals surface area contributed by atoms with E-state index in [1.54, 1.807) is 0 Å². The van der Waals surface area contributed by atoms with E-state index in [-0.39, 0.29) is 51.7 Å². The number of carbonyl (C=O) groups excluding carboxylic acids is 1. The van der Waals surface area contributed by atoms with E-state index in [2.05, 4.69) is 27.4 Å². The predicted octanol–water partition coefficient (Wildman–Crippen LogP) is 6.90. The first-order valence-corrected chi connectivity index (χ1v) is 16.3. The zero-order valence-corrected chi connectivity index (χ0v) is 26.6. The highest BCUT2D eigenvalue weighted by Gasteiger charge is 2.76. The highest BCUT2D eigenvalue weighted by atomic mass is 16.5. The number of allylic oxidation sites excluding steroid dienone is 1. The van der Waals surface area contributed by atoms with Crippen LogP contribution < -0.4 is 0 Å². The summed E-state index contributed by atoms with van der Waals surface area (Å²) in [4.78, 5) is 39.6. The zero-order chi connectivity index (χ0) is 32.2. The third-order valence-corrected chi connectivity index (χ3v) is 14.7. The van der Waals surface area contributed by atoms with Crippen LogP contribution in [0.2, 0.25) is 0 Å². The topological polar surface area (TPSA) is 141 Å². The number of aliphatic carboxylic acids is 2. The van der Waals surface area contributed by atoms with Crippen molar-refractivity contribution >= 4 is 17.9 Å². The fourth-order valence-electron chi connectivity index (χ4n) is 12.6. The van der Waals surface area contributed by atoms with Gasteiger partial charge in [0, 0.05) is 5.41 Å². The largest absolute Gasteiger partial charge is 0.504 e. The van der Waals surface area contributed by atoms with Gasteiger partial charge in [-0.1, -0.05) is 40.7 Å². The lowest BCUT2D eigenvalue weighted by molar-refractivity contribution is -0.228. The number of carbonyl (C=O) groups is 3. The first kappa shape index (κ1) is 31.0. The summed E-state index contributed by atoms with van der Waals surface area (Å²) >= 11 is 0. The molecular formula is C36H48O8. The number of hydrogen-bond donors (Lipinski definition) is 4. The van der Waals surface area contributed by atoms with Gasteiger partial charge in [0.15, 0.2) is 11.5 Å². The Kier molecular flexibility index (Phi) is 6.85. The molecule has 0 aliphatic heterocycles. The van der Waals surface area contributed by atoms with E-state index >= 15 is 0 Å². The highest BCUT2D eigenvalue weighted by Crippen LogP contribution is 2.79. The Hall–Kier alpha value is -3.03. The smallest absolute Gasteiger partial charge is 0.338 e. The SMILES string of the molecule is C=C[C@@H]1CC[C@]2(C(=O)O)CC[C@]3(C)C(CCC4[C@]5(C)C(CC[C@]43C)C(C)(C)[C@@H](OC(=O)c3ccc(O)c(O)c3)[C@@H]5C(=O)O)C12. The molecule has 44 heavy (non-hydrogen) atoms. The summed E-state index contributed by atoms with van der Waals surface area (Å²) in [6.07, 6.45) is 7.47. The van der Waals surface area contributed by atoms with Gasteiger partial charge in [0.05, 0.1) is 11.0 Å². The van der Waals surface area contributed by atoms with Crippen molar-refractivity contribution in [1.82, 2.24) is 0 Å². The standard InChI is InChI=1S/C36H48O8/c1-7-19-12-15-36(31(42)43)17-16-33(4)21(26(19)36)9-11-25-34(33,5)14-13-24-32(2,3)28(27(29(39)40)35(24,25)6)44-30(41)20-8-10-22(37)23(38)18-20/h7-8,10,18-19,21,24-28,37-38H,1,9,11-17H2,2-6H3,(H,39,40)(H,42,43)/t19-,21?,24?,25?,26?,27-,28+,33-,34-,35+,36+/m1/s1. The summed E-state index contributed by atoms with van der Waals surface area (Å²) in [6.45, 7) is 15.0. The van der Waals surface area contributed by atoms with Gasteiger partial charge in [0.25, 0.3) is 0 Å². The van der Waals surface area contributed by atoms with E-state index in [1.807, 2.05) is 19.9 Å². The number of ether oxygens (including phenoxy) is 1. The second kappa shape index (κ2) is 9.73. The lowest BCUT2D eigenvalue weighted by Gasteiger charge is -2.70. The molecule has 0 aromatic heterocycles. The molecule has 8 nitrogen and oxygen atoms in total. The number of phenols is 2. The Morgan fingerprint density at radius 2 is 1.57 bits per heavy atom. The van der Waals surface area contributed by atoms with Crippen LogP contribution in [0.1, 0.15) is 96.3 Å². The van der Waals surface area contributed by atoms with Crippen LogP contribution in [-0.4, -0.2) is 44.4 Å². The van der Waals surface area contributed by atoms with E-state index in [1.165, 1.54) is 12.1 Å². The molecule has 6 rings (SSSR count). The maximum Gasteiger partial charge on any atom is 0.338 e. The van der Waals surface area contributed by atoms with Crippen LogP contribution in [0.4, 0.5) is 0 Å². The molecule has 5 fully saturated rings. The minimum absolute atomic E-state index is 0.00514. The minimum atomic E-state index is -0.970. The number of aromatic hydroxyl groups is 2. The molecule has 0 bridgehead atoms. The molecular weight excluding hydrogens is 560 g/mol. The minimum Gasteiger partial charge on any atom is -0.504 e. The van der Waals surface area contributed by atoms with Gasteiger partial charge in [-0.2, -0.15) is 0 Å². The molecule has 5 aliphatic carbocycles. The number of fused-ring (bicyclic) bond motifs is 7. The summed E-state index contributed by atoms with van der Waals surface area (Å²) in [6, 6.07) is 3.72. The molecule has 8 heteroatoms. The molecule has 0 radical (unpaired) electrons. The third-order valence-electron chi connectivity index (χ3n) is 14.7. The number of carboxylic acid groups (broad SMARTS) is 2. The Balaban J connectivity index is 1.39.